The van der Waals surface area contributed by atoms with Crippen LogP contribution in [-0.4, -0.2) is 23.8 Å². The minimum absolute atomic E-state index is 0.0222. The van der Waals surface area contributed by atoms with Gasteiger partial charge in [0.1, 0.15) is 0 Å². The van der Waals surface area contributed by atoms with Gasteiger partial charge in [-0.25, -0.2) is 0 Å². The zero-order valence-corrected chi connectivity index (χ0v) is 15.9. The van der Waals surface area contributed by atoms with Gasteiger partial charge in [-0.05, 0) is 23.3 Å². The number of amides is 2. The maximum atomic E-state index is 12.8. The molecule has 0 aliphatic heterocycles. The smallest absolute Gasteiger partial charge is 0.251 e. The minimum atomic E-state index is -0.389. The molecular weight excluding hydrogens is 348 g/mol. The first-order chi connectivity index (χ1) is 13.6. The lowest BCUT2D eigenvalue weighted by atomic mass is 10.0. The predicted molar refractivity (Wildman–Crippen MR) is 111 cm³/mol. The summed E-state index contributed by atoms with van der Waals surface area (Å²) in [6.45, 7) is 0.536. The van der Waals surface area contributed by atoms with E-state index in [0.29, 0.717) is 12.1 Å². The second-order valence-corrected chi connectivity index (χ2v) is 6.74. The number of carbonyl (C=O) groups excluding carboxylic acids is 2. The lowest BCUT2D eigenvalue weighted by Gasteiger charge is -2.23. The number of benzene rings is 3. The van der Waals surface area contributed by atoms with Crippen molar-refractivity contribution in [3.8, 4) is 0 Å². The Balaban J connectivity index is 1.72. The highest BCUT2D eigenvalue weighted by Crippen LogP contribution is 2.19. The molecular formula is C24H24N2O2. The van der Waals surface area contributed by atoms with Crippen molar-refractivity contribution >= 4 is 11.8 Å². The summed E-state index contributed by atoms with van der Waals surface area (Å²) in [7, 11) is 1.79. The van der Waals surface area contributed by atoms with E-state index in [1.807, 2.05) is 78.9 Å². The summed E-state index contributed by atoms with van der Waals surface area (Å²) < 4.78 is 0. The van der Waals surface area contributed by atoms with E-state index >= 15 is 0 Å². The zero-order chi connectivity index (χ0) is 19.8. The molecule has 0 bridgehead atoms. The van der Waals surface area contributed by atoms with Crippen LogP contribution in [0.5, 0.6) is 0 Å². The molecule has 3 aromatic rings. The van der Waals surface area contributed by atoms with Crippen molar-refractivity contribution < 1.29 is 9.59 Å². The molecule has 0 fully saturated rings. The third-order valence-corrected chi connectivity index (χ3v) is 4.61. The van der Waals surface area contributed by atoms with Gasteiger partial charge in [-0.15, -0.1) is 0 Å². The van der Waals surface area contributed by atoms with Gasteiger partial charge >= 0.3 is 0 Å². The van der Waals surface area contributed by atoms with Crippen LogP contribution in [0.2, 0.25) is 0 Å². The molecule has 0 unspecified atom stereocenters. The Morgan fingerprint density at radius 3 is 1.96 bits per heavy atom. The molecule has 28 heavy (non-hydrogen) atoms. The summed E-state index contributed by atoms with van der Waals surface area (Å²) in [5.41, 5.74) is 2.56. The van der Waals surface area contributed by atoms with Crippen molar-refractivity contribution in [2.45, 2.75) is 19.0 Å². The quantitative estimate of drug-likeness (QED) is 0.675. The molecule has 0 aliphatic carbocycles. The standard InChI is InChI=1S/C24H24N2O2/c1-26(18-19-11-5-2-6-12-19)23(27)17-22(20-13-7-3-8-14-20)25-24(28)21-15-9-4-10-16-21/h2-16,22H,17-18H2,1H3,(H,25,28)/t22-/m0/s1. The number of nitrogens with zero attached hydrogens (tertiary/aromatic N) is 1. The maximum absolute atomic E-state index is 12.8. The first-order valence-corrected chi connectivity index (χ1v) is 9.32. The summed E-state index contributed by atoms with van der Waals surface area (Å²) >= 11 is 0. The molecule has 1 N–H and O–H groups in total. The van der Waals surface area contributed by atoms with Gasteiger partial charge in [0.05, 0.1) is 12.5 Å². The third-order valence-electron chi connectivity index (χ3n) is 4.61. The fourth-order valence-corrected chi connectivity index (χ4v) is 3.04. The molecule has 2 amide bonds. The van der Waals surface area contributed by atoms with Gasteiger partial charge in [0.15, 0.2) is 0 Å². The summed E-state index contributed by atoms with van der Waals surface area (Å²) in [5, 5.41) is 3.01. The molecule has 4 nitrogen and oxygen atoms in total. The van der Waals surface area contributed by atoms with Crippen molar-refractivity contribution in [1.29, 1.82) is 0 Å². The minimum Gasteiger partial charge on any atom is -0.345 e. The largest absolute Gasteiger partial charge is 0.345 e. The molecule has 142 valence electrons. The van der Waals surface area contributed by atoms with E-state index < -0.39 is 0 Å². The first kappa shape index (κ1) is 19.4. The van der Waals surface area contributed by atoms with Gasteiger partial charge in [0, 0.05) is 19.2 Å². The van der Waals surface area contributed by atoms with E-state index in [9.17, 15) is 9.59 Å². The number of hydrogen-bond donors (Lipinski definition) is 1. The lowest BCUT2D eigenvalue weighted by molar-refractivity contribution is -0.130. The average molecular weight is 372 g/mol. The van der Waals surface area contributed by atoms with Crippen LogP contribution >= 0.6 is 0 Å². The van der Waals surface area contributed by atoms with Gasteiger partial charge in [0.25, 0.3) is 5.91 Å². The van der Waals surface area contributed by atoms with Crippen LogP contribution in [0.1, 0.15) is 33.9 Å². The van der Waals surface area contributed by atoms with Crippen LogP contribution in [0.4, 0.5) is 0 Å². The van der Waals surface area contributed by atoms with Gasteiger partial charge in [-0.1, -0.05) is 78.9 Å². The van der Waals surface area contributed by atoms with Crippen LogP contribution in [0.3, 0.4) is 0 Å². The highest BCUT2D eigenvalue weighted by atomic mass is 16.2. The van der Waals surface area contributed by atoms with Crippen LogP contribution in [0.15, 0.2) is 91.0 Å². The van der Waals surface area contributed by atoms with Gasteiger partial charge in [-0.3, -0.25) is 9.59 Å². The number of rotatable bonds is 7. The predicted octanol–water partition coefficient (Wildman–Crippen LogP) is 4.21. The van der Waals surface area contributed by atoms with E-state index in [1.165, 1.54) is 0 Å². The molecule has 0 aromatic heterocycles. The van der Waals surface area contributed by atoms with E-state index in [4.69, 9.17) is 0 Å². The Bertz CT molecular complexity index is 896. The van der Waals surface area contributed by atoms with E-state index in [1.54, 1.807) is 24.1 Å². The number of nitrogens with one attached hydrogen (secondary N) is 1. The lowest BCUT2D eigenvalue weighted by Crippen LogP contribution is -2.34. The molecule has 0 radical (unpaired) electrons. The summed E-state index contributed by atoms with van der Waals surface area (Å²) in [6.07, 6.45) is 0.200. The zero-order valence-electron chi connectivity index (χ0n) is 15.9. The molecule has 0 spiro atoms. The molecule has 3 aromatic carbocycles. The summed E-state index contributed by atoms with van der Waals surface area (Å²) in [5.74, 6) is -0.209. The van der Waals surface area contributed by atoms with E-state index in [-0.39, 0.29) is 24.3 Å². The van der Waals surface area contributed by atoms with Crippen molar-refractivity contribution in [3.63, 3.8) is 0 Å². The Kier molecular flexibility index (Phi) is 6.58. The topological polar surface area (TPSA) is 49.4 Å². The summed E-state index contributed by atoms with van der Waals surface area (Å²) in [4.78, 5) is 27.2. The monoisotopic (exact) mass is 372 g/mol. The van der Waals surface area contributed by atoms with Crippen molar-refractivity contribution in [3.05, 3.63) is 108 Å². The molecule has 0 aliphatic rings. The second kappa shape index (κ2) is 9.51. The van der Waals surface area contributed by atoms with Gasteiger partial charge in [0.2, 0.25) is 5.91 Å². The highest BCUT2D eigenvalue weighted by Gasteiger charge is 2.21. The van der Waals surface area contributed by atoms with Crippen LogP contribution in [-0.2, 0) is 11.3 Å². The van der Waals surface area contributed by atoms with Crippen LogP contribution < -0.4 is 5.32 Å². The summed E-state index contributed by atoms with van der Waals surface area (Å²) in [6, 6.07) is 28.1. The highest BCUT2D eigenvalue weighted by molar-refractivity contribution is 5.94. The number of hydrogen-bond acceptors (Lipinski definition) is 2. The molecule has 0 saturated carbocycles. The van der Waals surface area contributed by atoms with Gasteiger partial charge < -0.3 is 10.2 Å². The number of carbonyl (C=O) groups is 2. The third kappa shape index (κ3) is 5.30. The van der Waals surface area contributed by atoms with Crippen LogP contribution in [0, 0.1) is 0 Å². The Labute approximate surface area is 165 Å². The van der Waals surface area contributed by atoms with Crippen molar-refractivity contribution in [2.24, 2.45) is 0 Å². The molecule has 4 heteroatoms. The molecule has 0 saturated heterocycles. The Morgan fingerprint density at radius 2 is 1.36 bits per heavy atom. The first-order valence-electron chi connectivity index (χ1n) is 9.32. The fraction of sp³-hybridized carbons (Fsp3) is 0.167. The average Bonchev–Trinajstić information content (AvgIpc) is 2.75. The van der Waals surface area contributed by atoms with E-state index in [0.717, 1.165) is 11.1 Å². The second-order valence-electron chi connectivity index (χ2n) is 6.74. The Morgan fingerprint density at radius 1 is 0.821 bits per heavy atom. The molecule has 1 atom stereocenters. The molecule has 3 rings (SSSR count). The SMILES string of the molecule is CN(Cc1ccccc1)C(=O)C[C@H](NC(=O)c1ccccc1)c1ccccc1. The Hall–Kier alpha value is -3.40. The fourth-order valence-electron chi connectivity index (χ4n) is 3.04. The van der Waals surface area contributed by atoms with Gasteiger partial charge in [-0.2, -0.15) is 0 Å². The maximum Gasteiger partial charge on any atom is 0.251 e. The van der Waals surface area contributed by atoms with Crippen molar-refractivity contribution in [1.82, 2.24) is 10.2 Å². The van der Waals surface area contributed by atoms with E-state index in [2.05, 4.69) is 5.32 Å². The molecule has 0 heterocycles. The normalized spacial score (nSPS) is 11.5. The van der Waals surface area contributed by atoms with Crippen LogP contribution in [0.25, 0.3) is 0 Å². The van der Waals surface area contributed by atoms with Crippen molar-refractivity contribution in [2.75, 3.05) is 7.05 Å².